The minimum absolute atomic E-state index is 0.0311. The van der Waals surface area contributed by atoms with E-state index in [9.17, 15) is 4.79 Å². The number of nitrogens with zero attached hydrogens (tertiary/aromatic N) is 3. The zero-order valence-electron chi connectivity index (χ0n) is 21.2. The van der Waals surface area contributed by atoms with Crippen molar-refractivity contribution in [3.8, 4) is 0 Å². The summed E-state index contributed by atoms with van der Waals surface area (Å²) in [6.07, 6.45) is 7.67. The Bertz CT molecular complexity index is 1390. The molecule has 0 aliphatic carbocycles. The molecule has 36 heavy (non-hydrogen) atoms. The molecule has 1 amide bonds. The fourth-order valence-electron chi connectivity index (χ4n) is 5.21. The number of rotatable bonds is 5. The Morgan fingerprint density at radius 1 is 1.08 bits per heavy atom. The van der Waals surface area contributed by atoms with E-state index in [0.29, 0.717) is 12.1 Å². The van der Waals surface area contributed by atoms with Crippen LogP contribution in [0.5, 0.6) is 0 Å². The lowest BCUT2D eigenvalue weighted by Gasteiger charge is -2.32. The summed E-state index contributed by atoms with van der Waals surface area (Å²) in [4.78, 5) is 17.0. The van der Waals surface area contributed by atoms with Crippen LogP contribution in [0.15, 0.2) is 103 Å². The van der Waals surface area contributed by atoms with E-state index in [4.69, 9.17) is 5.73 Å². The van der Waals surface area contributed by atoms with Gasteiger partial charge in [0.2, 0.25) is 0 Å². The van der Waals surface area contributed by atoms with Crippen LogP contribution in [0.4, 0.5) is 0 Å². The summed E-state index contributed by atoms with van der Waals surface area (Å²) in [5.41, 5.74) is 13.4. The minimum Gasteiger partial charge on any atom is -0.337 e. The average molecular weight is 479 g/mol. The van der Waals surface area contributed by atoms with Crippen LogP contribution in [0.1, 0.15) is 37.9 Å². The standard InChI is InChI=1S/C31H34N4O/c1-22-18-27(31(36)33-16-9-13-28(32)21-33)15-17-34(22)24(3)23(2)30-19-26-12-7-8-14-29(26)35(30)20-25-10-5-4-6-11-25/h4-8,10-12,14-15,17-19,28H,1,9,13,16,20-21,32H2,2-3H3/b24-23+. The fourth-order valence-corrected chi connectivity index (χ4v) is 5.21. The molecule has 1 unspecified atom stereocenters. The molecule has 0 saturated carbocycles. The van der Waals surface area contributed by atoms with E-state index in [-0.39, 0.29) is 11.9 Å². The van der Waals surface area contributed by atoms with Crippen molar-refractivity contribution in [2.75, 3.05) is 13.1 Å². The molecule has 184 valence electrons. The molecule has 1 saturated heterocycles. The second-order valence-corrected chi connectivity index (χ2v) is 9.80. The molecule has 2 aliphatic rings. The van der Waals surface area contributed by atoms with Crippen molar-refractivity contribution >= 4 is 22.4 Å². The first-order chi connectivity index (χ1) is 17.4. The quantitative estimate of drug-likeness (QED) is 0.515. The average Bonchev–Trinajstić information content (AvgIpc) is 3.26. The van der Waals surface area contributed by atoms with Crippen LogP contribution in [0.2, 0.25) is 0 Å². The molecule has 1 atom stereocenters. The Labute approximate surface area is 213 Å². The van der Waals surface area contributed by atoms with Crippen molar-refractivity contribution in [3.63, 3.8) is 0 Å². The third-order valence-electron chi connectivity index (χ3n) is 7.31. The first-order valence-corrected chi connectivity index (χ1v) is 12.7. The van der Waals surface area contributed by atoms with E-state index in [0.717, 1.165) is 42.9 Å². The highest BCUT2D eigenvalue weighted by atomic mass is 16.2. The van der Waals surface area contributed by atoms with Crippen molar-refractivity contribution in [1.82, 2.24) is 14.4 Å². The van der Waals surface area contributed by atoms with Gasteiger partial charge in [-0.1, -0.05) is 55.1 Å². The van der Waals surface area contributed by atoms with Gasteiger partial charge in [-0.15, -0.1) is 0 Å². The summed E-state index contributed by atoms with van der Waals surface area (Å²) in [5, 5.41) is 1.22. The number of likely N-dealkylation sites (tertiary alicyclic amines) is 1. The van der Waals surface area contributed by atoms with Crippen LogP contribution in [0.25, 0.3) is 16.5 Å². The van der Waals surface area contributed by atoms with E-state index in [1.165, 1.54) is 22.2 Å². The third-order valence-corrected chi connectivity index (χ3v) is 7.31. The maximum Gasteiger partial charge on any atom is 0.254 e. The Hall–Kier alpha value is -3.83. The van der Waals surface area contributed by atoms with E-state index < -0.39 is 0 Å². The van der Waals surface area contributed by atoms with Gasteiger partial charge in [0.15, 0.2) is 0 Å². The summed E-state index contributed by atoms with van der Waals surface area (Å²) in [6.45, 7) is 10.7. The molecule has 0 spiro atoms. The number of hydrogen-bond acceptors (Lipinski definition) is 3. The predicted molar refractivity (Wildman–Crippen MR) is 148 cm³/mol. The molecule has 2 aromatic carbocycles. The van der Waals surface area contributed by atoms with Crippen LogP contribution in [0, 0.1) is 0 Å². The van der Waals surface area contributed by atoms with Crippen molar-refractivity contribution < 1.29 is 4.79 Å². The molecule has 1 fully saturated rings. The van der Waals surface area contributed by atoms with Gasteiger partial charge in [-0.05, 0) is 62.1 Å². The molecule has 0 bridgehead atoms. The van der Waals surface area contributed by atoms with Gasteiger partial charge in [0, 0.05) is 65.4 Å². The van der Waals surface area contributed by atoms with Crippen molar-refractivity contribution in [2.45, 2.75) is 39.3 Å². The lowest BCUT2D eigenvalue weighted by Crippen LogP contribution is -2.46. The van der Waals surface area contributed by atoms with Crippen LogP contribution in [-0.2, 0) is 11.3 Å². The second-order valence-electron chi connectivity index (χ2n) is 9.80. The van der Waals surface area contributed by atoms with Crippen LogP contribution < -0.4 is 5.73 Å². The molecule has 2 aliphatic heterocycles. The first-order valence-electron chi connectivity index (χ1n) is 12.7. The van der Waals surface area contributed by atoms with E-state index in [1.807, 2.05) is 29.3 Å². The summed E-state index contributed by atoms with van der Waals surface area (Å²) >= 11 is 0. The number of carbonyl (C=O) groups excluding carboxylic acids is 1. The number of para-hydroxylation sites is 1. The lowest BCUT2D eigenvalue weighted by atomic mass is 10.0. The fraction of sp³-hybridized carbons (Fsp3) is 0.258. The molecule has 5 nitrogen and oxygen atoms in total. The number of fused-ring (bicyclic) bond motifs is 1. The topological polar surface area (TPSA) is 54.5 Å². The van der Waals surface area contributed by atoms with Crippen LogP contribution in [-0.4, -0.2) is 39.4 Å². The monoisotopic (exact) mass is 478 g/mol. The highest BCUT2D eigenvalue weighted by Crippen LogP contribution is 2.31. The Morgan fingerprint density at radius 3 is 2.58 bits per heavy atom. The van der Waals surface area contributed by atoms with Crippen LogP contribution in [0.3, 0.4) is 0 Å². The van der Waals surface area contributed by atoms with Gasteiger partial charge in [0.05, 0.1) is 0 Å². The number of piperidine rings is 1. The molecule has 5 rings (SSSR count). The smallest absolute Gasteiger partial charge is 0.254 e. The van der Waals surface area contributed by atoms with Gasteiger partial charge in [-0.2, -0.15) is 0 Å². The Morgan fingerprint density at radius 2 is 1.83 bits per heavy atom. The van der Waals surface area contributed by atoms with Crippen molar-refractivity contribution in [3.05, 3.63) is 114 Å². The maximum atomic E-state index is 13.1. The first kappa shape index (κ1) is 23.9. The Kier molecular flexibility index (Phi) is 6.66. The molecule has 3 aromatic rings. The number of amides is 1. The number of allylic oxidation sites excluding steroid dienone is 3. The molecule has 3 heterocycles. The molecule has 1 aromatic heterocycles. The SMILES string of the molecule is C=C1C=C(C(=O)N2CCCC(N)C2)C=CN1/C(C)=C(\C)c1cc2ccccc2n1Cc1ccccc1. The minimum atomic E-state index is 0.0311. The van der Waals surface area contributed by atoms with E-state index in [1.54, 1.807) is 0 Å². The van der Waals surface area contributed by atoms with Gasteiger partial charge >= 0.3 is 0 Å². The van der Waals surface area contributed by atoms with Crippen LogP contribution >= 0.6 is 0 Å². The number of hydrogen-bond donors (Lipinski definition) is 1. The van der Waals surface area contributed by atoms with E-state index in [2.05, 4.69) is 84.5 Å². The summed E-state index contributed by atoms with van der Waals surface area (Å²) in [7, 11) is 0. The number of nitrogens with two attached hydrogens (primary N) is 1. The van der Waals surface area contributed by atoms with Gasteiger partial charge in [0.25, 0.3) is 5.91 Å². The molecular weight excluding hydrogens is 444 g/mol. The van der Waals surface area contributed by atoms with Crippen molar-refractivity contribution in [1.29, 1.82) is 0 Å². The normalized spacial score (nSPS) is 18.9. The second kappa shape index (κ2) is 10.0. The number of carbonyl (C=O) groups is 1. The number of benzene rings is 2. The molecule has 5 heteroatoms. The zero-order valence-corrected chi connectivity index (χ0v) is 21.2. The van der Waals surface area contributed by atoms with Gasteiger partial charge in [-0.3, -0.25) is 4.79 Å². The van der Waals surface area contributed by atoms with Gasteiger partial charge in [0.1, 0.15) is 0 Å². The molecule has 2 N–H and O–H groups in total. The summed E-state index contributed by atoms with van der Waals surface area (Å²) in [6, 6.07) is 21.4. The zero-order chi connectivity index (χ0) is 25.2. The summed E-state index contributed by atoms with van der Waals surface area (Å²) in [5.74, 6) is 0.0311. The lowest BCUT2D eigenvalue weighted by molar-refractivity contribution is -0.127. The largest absolute Gasteiger partial charge is 0.337 e. The highest BCUT2D eigenvalue weighted by Gasteiger charge is 2.25. The number of aromatic nitrogens is 1. The predicted octanol–water partition coefficient (Wildman–Crippen LogP) is 5.66. The van der Waals surface area contributed by atoms with E-state index >= 15 is 0 Å². The summed E-state index contributed by atoms with van der Waals surface area (Å²) < 4.78 is 2.38. The van der Waals surface area contributed by atoms with Gasteiger partial charge < -0.3 is 20.1 Å². The molecular formula is C31H34N4O. The van der Waals surface area contributed by atoms with Gasteiger partial charge in [-0.25, -0.2) is 0 Å². The third kappa shape index (κ3) is 4.67. The van der Waals surface area contributed by atoms with Crippen molar-refractivity contribution in [2.24, 2.45) is 5.73 Å². The maximum absolute atomic E-state index is 13.1. The molecule has 0 radical (unpaired) electrons. The Balaban J connectivity index is 1.44. The highest BCUT2D eigenvalue weighted by molar-refractivity contribution is 5.97.